The predicted molar refractivity (Wildman–Crippen MR) is 85.0 cm³/mol. The van der Waals surface area contributed by atoms with Crippen molar-refractivity contribution in [3.8, 4) is 0 Å². The Hall–Kier alpha value is -0.440. The summed E-state index contributed by atoms with van der Waals surface area (Å²) in [5.41, 5.74) is -1.37. The number of carboxylic acid groups (broad SMARTS) is 1. The third-order valence-electron chi connectivity index (χ3n) is 4.09. The minimum Gasteiger partial charge on any atom is -0.480 e. The van der Waals surface area contributed by atoms with Crippen LogP contribution in [0.1, 0.15) is 39.0 Å². The lowest BCUT2D eigenvalue weighted by Gasteiger charge is -2.36. The molecule has 1 fully saturated rings. The molecule has 21 heavy (non-hydrogen) atoms. The zero-order valence-corrected chi connectivity index (χ0v) is 14.9. The smallest absolute Gasteiger partial charge is 0.324 e. The van der Waals surface area contributed by atoms with Gasteiger partial charge in [0, 0.05) is 0 Å². The Kier molecular flexibility index (Phi) is 5.12. The van der Waals surface area contributed by atoms with Gasteiger partial charge >= 0.3 is 5.97 Å². The van der Waals surface area contributed by atoms with Crippen molar-refractivity contribution in [2.45, 2.75) is 48.8 Å². The number of carbonyl (C=O) groups is 1. The van der Waals surface area contributed by atoms with Crippen molar-refractivity contribution in [3.05, 3.63) is 15.9 Å². The van der Waals surface area contributed by atoms with Crippen LogP contribution in [0.3, 0.4) is 0 Å². The van der Waals surface area contributed by atoms with E-state index in [1.165, 1.54) is 6.07 Å². The van der Waals surface area contributed by atoms with E-state index in [9.17, 15) is 18.3 Å². The molecule has 0 radical (unpaired) electrons. The number of hydrogen-bond donors (Lipinski definition) is 2. The molecule has 0 atom stereocenters. The SMILES string of the molecule is CCC1CCC(NS(=O)(=O)c2ccc(Br)s2)(C(=O)O)CC1. The van der Waals surface area contributed by atoms with Crippen molar-refractivity contribution in [2.24, 2.45) is 5.92 Å². The molecule has 0 aromatic carbocycles. The third-order valence-corrected chi connectivity index (χ3v) is 7.74. The Bertz CT molecular complexity index is 618. The van der Waals surface area contributed by atoms with Gasteiger partial charge in [-0.1, -0.05) is 13.3 Å². The van der Waals surface area contributed by atoms with Gasteiger partial charge in [-0.25, -0.2) is 8.42 Å². The Labute approximate surface area is 136 Å². The molecule has 2 rings (SSSR count). The molecule has 1 saturated carbocycles. The highest BCUT2D eigenvalue weighted by Crippen LogP contribution is 2.36. The zero-order valence-electron chi connectivity index (χ0n) is 11.6. The van der Waals surface area contributed by atoms with Gasteiger partial charge in [0.25, 0.3) is 10.0 Å². The zero-order chi connectivity index (χ0) is 15.7. The normalized spacial score (nSPS) is 26.7. The van der Waals surface area contributed by atoms with Crippen LogP contribution in [0.4, 0.5) is 0 Å². The molecule has 1 aliphatic rings. The van der Waals surface area contributed by atoms with Gasteiger partial charge in [0.15, 0.2) is 0 Å². The number of thiophene rings is 1. The van der Waals surface area contributed by atoms with Crippen LogP contribution < -0.4 is 4.72 Å². The van der Waals surface area contributed by atoms with E-state index in [0.29, 0.717) is 22.5 Å². The van der Waals surface area contributed by atoms with Gasteiger partial charge in [-0.15, -0.1) is 11.3 Å². The highest BCUT2D eigenvalue weighted by atomic mass is 79.9. The maximum absolute atomic E-state index is 12.4. The van der Waals surface area contributed by atoms with E-state index in [1.54, 1.807) is 6.07 Å². The molecule has 2 N–H and O–H groups in total. The summed E-state index contributed by atoms with van der Waals surface area (Å²) in [7, 11) is -3.81. The van der Waals surface area contributed by atoms with Gasteiger partial charge in [-0.3, -0.25) is 4.79 Å². The lowest BCUT2D eigenvalue weighted by molar-refractivity contribution is -0.145. The summed E-state index contributed by atoms with van der Waals surface area (Å²) in [6, 6.07) is 3.12. The Balaban J connectivity index is 2.23. The molecule has 118 valence electrons. The van der Waals surface area contributed by atoms with Gasteiger partial charge in [0.05, 0.1) is 3.79 Å². The number of halogens is 1. The van der Waals surface area contributed by atoms with Crippen LogP contribution in [0.2, 0.25) is 0 Å². The van der Waals surface area contributed by atoms with Crippen molar-refractivity contribution in [1.29, 1.82) is 0 Å². The van der Waals surface area contributed by atoms with Crippen LogP contribution in [-0.2, 0) is 14.8 Å². The first kappa shape index (κ1) is 16.9. The van der Waals surface area contributed by atoms with Crippen LogP contribution in [0, 0.1) is 5.92 Å². The van der Waals surface area contributed by atoms with Crippen molar-refractivity contribution in [2.75, 3.05) is 0 Å². The highest BCUT2D eigenvalue weighted by Gasteiger charge is 2.45. The summed E-state index contributed by atoms with van der Waals surface area (Å²) in [6.45, 7) is 2.08. The fraction of sp³-hybridized carbons (Fsp3) is 0.615. The third kappa shape index (κ3) is 3.67. The molecule has 8 heteroatoms. The number of carboxylic acids is 1. The van der Waals surface area contributed by atoms with Crippen LogP contribution in [0.5, 0.6) is 0 Å². The number of aliphatic carboxylic acids is 1. The molecular formula is C13H18BrNO4S2. The Morgan fingerprint density at radius 1 is 1.48 bits per heavy atom. The summed E-state index contributed by atoms with van der Waals surface area (Å²) in [4.78, 5) is 11.7. The van der Waals surface area contributed by atoms with Gasteiger partial charge in [0.2, 0.25) is 0 Å². The highest BCUT2D eigenvalue weighted by molar-refractivity contribution is 9.11. The number of nitrogens with one attached hydrogen (secondary N) is 1. The second-order valence-electron chi connectivity index (χ2n) is 5.40. The molecular weight excluding hydrogens is 378 g/mol. The summed E-state index contributed by atoms with van der Waals surface area (Å²) in [5.74, 6) is -0.603. The summed E-state index contributed by atoms with van der Waals surface area (Å²) in [5, 5.41) is 9.53. The molecule has 0 spiro atoms. The van der Waals surface area contributed by atoms with E-state index in [2.05, 4.69) is 27.6 Å². The van der Waals surface area contributed by atoms with Crippen LogP contribution >= 0.6 is 27.3 Å². The number of hydrogen-bond acceptors (Lipinski definition) is 4. The first-order chi connectivity index (χ1) is 9.79. The second-order valence-corrected chi connectivity index (χ2v) is 9.78. The average molecular weight is 396 g/mol. The van der Waals surface area contributed by atoms with Gasteiger partial charge in [-0.2, -0.15) is 4.72 Å². The fourth-order valence-electron chi connectivity index (χ4n) is 2.69. The predicted octanol–water partition coefficient (Wildman–Crippen LogP) is 3.21. The molecule has 1 heterocycles. The molecule has 1 aromatic rings. The molecule has 1 aromatic heterocycles. The lowest BCUT2D eigenvalue weighted by Crippen LogP contribution is -2.56. The van der Waals surface area contributed by atoms with E-state index >= 15 is 0 Å². The fourth-order valence-corrected chi connectivity index (χ4v) is 6.12. The second kappa shape index (κ2) is 6.36. The molecule has 0 bridgehead atoms. The maximum atomic E-state index is 12.4. The molecule has 5 nitrogen and oxygen atoms in total. The minimum atomic E-state index is -3.81. The van der Waals surface area contributed by atoms with Crippen molar-refractivity contribution in [3.63, 3.8) is 0 Å². The van der Waals surface area contributed by atoms with E-state index in [4.69, 9.17) is 0 Å². The van der Waals surface area contributed by atoms with Crippen LogP contribution in [0.15, 0.2) is 20.1 Å². The molecule has 1 aliphatic carbocycles. The van der Waals surface area contributed by atoms with Crippen LogP contribution in [0.25, 0.3) is 0 Å². The Morgan fingerprint density at radius 3 is 2.52 bits per heavy atom. The largest absolute Gasteiger partial charge is 0.480 e. The first-order valence-corrected chi connectivity index (χ1v) is 9.91. The molecule has 0 unspecified atom stereocenters. The maximum Gasteiger partial charge on any atom is 0.324 e. The quantitative estimate of drug-likeness (QED) is 0.801. The number of rotatable bonds is 5. The molecule has 0 amide bonds. The van der Waals surface area contributed by atoms with E-state index < -0.39 is 21.5 Å². The molecule has 0 aliphatic heterocycles. The standard InChI is InChI=1S/C13H18BrNO4S2/c1-2-9-5-7-13(8-6-9,12(16)17)15-21(18,19)11-4-3-10(14)20-11/h3-4,9,15H,2,5-8H2,1H3,(H,16,17). The average Bonchev–Trinajstić information content (AvgIpc) is 2.86. The van der Waals surface area contributed by atoms with Crippen molar-refractivity contribution >= 4 is 43.3 Å². The monoisotopic (exact) mass is 395 g/mol. The molecule has 0 saturated heterocycles. The lowest BCUT2D eigenvalue weighted by atomic mass is 9.76. The van der Waals surface area contributed by atoms with Gasteiger partial charge < -0.3 is 5.11 Å². The van der Waals surface area contributed by atoms with Gasteiger partial charge in [0.1, 0.15) is 9.75 Å². The summed E-state index contributed by atoms with van der Waals surface area (Å²) in [6.07, 6.45) is 3.15. The van der Waals surface area contributed by atoms with Crippen LogP contribution in [-0.4, -0.2) is 25.0 Å². The van der Waals surface area contributed by atoms with Crippen molar-refractivity contribution in [1.82, 2.24) is 4.72 Å². The van der Waals surface area contributed by atoms with E-state index in [1.807, 2.05) is 0 Å². The Morgan fingerprint density at radius 2 is 2.10 bits per heavy atom. The van der Waals surface area contributed by atoms with E-state index in [-0.39, 0.29) is 4.21 Å². The van der Waals surface area contributed by atoms with E-state index in [0.717, 1.165) is 30.6 Å². The van der Waals surface area contributed by atoms with Gasteiger partial charge in [-0.05, 0) is 59.7 Å². The minimum absolute atomic E-state index is 0.132. The summed E-state index contributed by atoms with van der Waals surface area (Å²) < 4.78 is 28.1. The summed E-state index contributed by atoms with van der Waals surface area (Å²) >= 11 is 4.29. The topological polar surface area (TPSA) is 83.5 Å². The number of sulfonamides is 1. The van der Waals surface area contributed by atoms with Crippen molar-refractivity contribution < 1.29 is 18.3 Å². The first-order valence-electron chi connectivity index (χ1n) is 6.82.